The van der Waals surface area contributed by atoms with E-state index in [0.29, 0.717) is 8.04 Å². The molecule has 0 aromatic heterocycles. The summed E-state index contributed by atoms with van der Waals surface area (Å²) in [5.74, 6) is 0. The van der Waals surface area contributed by atoms with Crippen LogP contribution in [0.2, 0.25) is 0 Å². The average molecular weight is 406 g/mol. The molecule has 74 valence electrons. The van der Waals surface area contributed by atoms with Crippen molar-refractivity contribution in [2.75, 3.05) is 0 Å². The van der Waals surface area contributed by atoms with Crippen molar-refractivity contribution in [3.05, 3.63) is 25.7 Å². The Labute approximate surface area is 108 Å². The van der Waals surface area contributed by atoms with Gasteiger partial charge in [-0.05, 0) is 50.7 Å². The number of rotatable bonds is 1. The van der Waals surface area contributed by atoms with Crippen molar-refractivity contribution in [3.63, 3.8) is 0 Å². The molecule has 0 aliphatic heterocycles. The Morgan fingerprint density at radius 2 is 2.07 bits per heavy atom. The van der Waals surface area contributed by atoms with Crippen LogP contribution in [0.3, 0.4) is 0 Å². The molecule has 0 saturated carbocycles. The van der Waals surface area contributed by atoms with Crippen LogP contribution in [-0.4, -0.2) is 8.42 Å². The van der Waals surface area contributed by atoms with E-state index in [0.717, 1.165) is 0 Å². The molecule has 1 aromatic rings. The highest BCUT2D eigenvalue weighted by atomic mass is 127. The lowest BCUT2D eigenvalue weighted by atomic mass is 10.2. The van der Waals surface area contributed by atoms with E-state index in [4.69, 9.17) is 15.9 Å². The van der Waals surface area contributed by atoms with E-state index in [-0.39, 0.29) is 10.5 Å². The van der Waals surface area contributed by atoms with Gasteiger partial charge in [-0.25, -0.2) is 8.42 Å². The molecular formula is C7H2BrClINO2S. The maximum atomic E-state index is 11.0. The molecule has 0 aliphatic carbocycles. The SMILES string of the molecule is N#Cc1cc(S(=O)(=O)Cl)cc(I)c1Br. The maximum absolute atomic E-state index is 11.0. The van der Waals surface area contributed by atoms with Gasteiger partial charge in [0.2, 0.25) is 0 Å². The van der Waals surface area contributed by atoms with Gasteiger partial charge in [0.25, 0.3) is 9.05 Å². The van der Waals surface area contributed by atoms with Crippen LogP contribution in [0.5, 0.6) is 0 Å². The lowest BCUT2D eigenvalue weighted by Crippen LogP contribution is -1.94. The molecule has 0 bridgehead atoms. The number of hydrogen-bond acceptors (Lipinski definition) is 3. The summed E-state index contributed by atoms with van der Waals surface area (Å²) < 4.78 is 23.2. The number of nitrogens with zero attached hydrogens (tertiary/aromatic N) is 1. The molecule has 0 heterocycles. The molecule has 0 fully saturated rings. The molecule has 0 spiro atoms. The second kappa shape index (κ2) is 4.35. The van der Waals surface area contributed by atoms with Crippen molar-refractivity contribution in [3.8, 4) is 6.07 Å². The minimum absolute atomic E-state index is 0.0664. The van der Waals surface area contributed by atoms with Gasteiger partial charge in [-0.3, -0.25) is 0 Å². The topological polar surface area (TPSA) is 57.9 Å². The fraction of sp³-hybridized carbons (Fsp3) is 0. The first kappa shape index (κ1) is 12.2. The molecule has 1 rings (SSSR count). The maximum Gasteiger partial charge on any atom is 0.261 e. The van der Waals surface area contributed by atoms with Gasteiger partial charge in [-0.1, -0.05) is 0 Å². The van der Waals surface area contributed by atoms with E-state index in [9.17, 15) is 8.42 Å². The minimum Gasteiger partial charge on any atom is -0.207 e. The molecule has 0 amide bonds. The van der Waals surface area contributed by atoms with Crippen LogP contribution < -0.4 is 0 Å². The van der Waals surface area contributed by atoms with Crippen LogP contribution >= 0.6 is 49.2 Å². The standard InChI is InChI=1S/C7H2BrClINO2S/c8-7-4(3-11)1-5(2-6(7)10)14(9,12)13/h1-2H. The zero-order valence-electron chi connectivity index (χ0n) is 6.46. The van der Waals surface area contributed by atoms with E-state index >= 15 is 0 Å². The predicted octanol–water partition coefficient (Wildman–Crippen LogP) is 2.85. The van der Waals surface area contributed by atoms with Gasteiger partial charge < -0.3 is 0 Å². The lowest BCUT2D eigenvalue weighted by Gasteiger charge is -2.01. The first-order valence-electron chi connectivity index (χ1n) is 3.20. The van der Waals surface area contributed by atoms with Crippen molar-refractivity contribution in [2.45, 2.75) is 4.90 Å². The summed E-state index contributed by atoms with van der Waals surface area (Å²) in [6.07, 6.45) is 0. The fourth-order valence-electron chi connectivity index (χ4n) is 0.786. The number of benzene rings is 1. The zero-order chi connectivity index (χ0) is 10.9. The smallest absolute Gasteiger partial charge is 0.207 e. The Balaban J connectivity index is 3.56. The highest BCUT2D eigenvalue weighted by molar-refractivity contribution is 14.1. The van der Waals surface area contributed by atoms with Gasteiger partial charge in [0.05, 0.1) is 10.5 Å². The molecule has 0 N–H and O–H groups in total. The molecule has 14 heavy (non-hydrogen) atoms. The third-order valence-electron chi connectivity index (χ3n) is 1.40. The van der Waals surface area contributed by atoms with Gasteiger partial charge in [0, 0.05) is 18.7 Å². The monoisotopic (exact) mass is 405 g/mol. The molecule has 0 radical (unpaired) electrons. The van der Waals surface area contributed by atoms with Gasteiger partial charge in [0.1, 0.15) is 6.07 Å². The van der Waals surface area contributed by atoms with E-state index in [1.165, 1.54) is 12.1 Å². The second-order valence-electron chi connectivity index (χ2n) is 2.32. The van der Waals surface area contributed by atoms with Crippen molar-refractivity contribution in [2.24, 2.45) is 0 Å². The summed E-state index contributed by atoms with van der Waals surface area (Å²) in [5, 5.41) is 8.71. The van der Waals surface area contributed by atoms with Crippen molar-refractivity contribution in [1.29, 1.82) is 5.26 Å². The third-order valence-corrected chi connectivity index (χ3v) is 5.18. The Hall–Kier alpha value is 0.160. The van der Waals surface area contributed by atoms with Crippen LogP contribution in [0.15, 0.2) is 21.5 Å². The quantitative estimate of drug-likeness (QED) is 0.532. The molecule has 0 unspecified atom stereocenters. The van der Waals surface area contributed by atoms with Gasteiger partial charge in [0.15, 0.2) is 0 Å². The number of nitriles is 1. The van der Waals surface area contributed by atoms with Crippen LogP contribution in [0.1, 0.15) is 5.56 Å². The average Bonchev–Trinajstić information content (AvgIpc) is 2.07. The van der Waals surface area contributed by atoms with Crippen molar-refractivity contribution < 1.29 is 8.42 Å². The summed E-state index contributed by atoms with van der Waals surface area (Å²) in [5.41, 5.74) is 0.246. The van der Waals surface area contributed by atoms with E-state index in [1.807, 2.05) is 28.7 Å². The van der Waals surface area contributed by atoms with E-state index < -0.39 is 9.05 Å². The predicted molar refractivity (Wildman–Crippen MR) is 64.6 cm³/mol. The highest BCUT2D eigenvalue weighted by Crippen LogP contribution is 2.28. The largest absolute Gasteiger partial charge is 0.261 e. The Kier molecular flexibility index (Phi) is 3.80. The summed E-state index contributed by atoms with van der Waals surface area (Å²) in [6, 6.07) is 4.50. The molecule has 1 aromatic carbocycles. The molecule has 0 atom stereocenters. The molecule has 3 nitrogen and oxygen atoms in total. The van der Waals surface area contributed by atoms with E-state index in [1.54, 1.807) is 0 Å². The molecule has 0 saturated heterocycles. The lowest BCUT2D eigenvalue weighted by molar-refractivity contribution is 0.609. The summed E-state index contributed by atoms with van der Waals surface area (Å²) in [7, 11) is 1.38. The fourth-order valence-corrected chi connectivity index (χ4v) is 2.73. The Bertz CT molecular complexity index is 523. The van der Waals surface area contributed by atoms with Gasteiger partial charge >= 0.3 is 0 Å². The van der Waals surface area contributed by atoms with Crippen molar-refractivity contribution in [1.82, 2.24) is 0 Å². The first-order chi connectivity index (χ1) is 6.36. The highest BCUT2D eigenvalue weighted by Gasteiger charge is 2.14. The Morgan fingerprint density at radius 3 is 2.50 bits per heavy atom. The van der Waals surface area contributed by atoms with E-state index in [2.05, 4.69) is 15.9 Å². The minimum atomic E-state index is -3.78. The molecular weight excluding hydrogens is 404 g/mol. The van der Waals surface area contributed by atoms with Crippen LogP contribution in [0.25, 0.3) is 0 Å². The van der Waals surface area contributed by atoms with Gasteiger partial charge in [-0.2, -0.15) is 5.26 Å². The van der Waals surface area contributed by atoms with Crippen LogP contribution in [0.4, 0.5) is 0 Å². The molecule has 7 heteroatoms. The third kappa shape index (κ3) is 2.59. The number of hydrogen-bond donors (Lipinski definition) is 0. The molecule has 0 aliphatic rings. The van der Waals surface area contributed by atoms with Gasteiger partial charge in [-0.15, -0.1) is 0 Å². The summed E-state index contributed by atoms with van der Waals surface area (Å²) >= 11 is 5.09. The normalized spacial score (nSPS) is 11.0. The Morgan fingerprint density at radius 1 is 1.50 bits per heavy atom. The first-order valence-corrected chi connectivity index (χ1v) is 7.38. The number of halogens is 3. The van der Waals surface area contributed by atoms with Crippen molar-refractivity contribution >= 4 is 58.3 Å². The zero-order valence-corrected chi connectivity index (χ0v) is 11.8. The second-order valence-corrected chi connectivity index (χ2v) is 6.84. The summed E-state index contributed by atoms with van der Waals surface area (Å²) in [6.45, 7) is 0. The summed E-state index contributed by atoms with van der Waals surface area (Å²) in [4.78, 5) is -0.0664. The van der Waals surface area contributed by atoms with Crippen LogP contribution in [-0.2, 0) is 9.05 Å². The van der Waals surface area contributed by atoms with Crippen LogP contribution in [0, 0.1) is 14.9 Å².